The summed E-state index contributed by atoms with van der Waals surface area (Å²) in [5, 5.41) is 6.26. The van der Waals surface area contributed by atoms with Gasteiger partial charge in [-0.05, 0) is 31.0 Å². The fraction of sp³-hybridized carbons (Fsp3) is 0.474. The first kappa shape index (κ1) is 16.7. The van der Waals surface area contributed by atoms with E-state index in [4.69, 9.17) is 0 Å². The first-order valence-corrected chi connectivity index (χ1v) is 8.73. The Bertz CT molecular complexity index is 654. The number of benzene rings is 1. The third-order valence-corrected chi connectivity index (χ3v) is 4.81. The highest BCUT2D eigenvalue weighted by Crippen LogP contribution is 2.28. The van der Waals surface area contributed by atoms with E-state index in [1.54, 1.807) is 4.90 Å². The molecule has 1 fully saturated rings. The molecule has 128 valence electrons. The molecule has 0 saturated carbocycles. The Labute approximate surface area is 143 Å². The fourth-order valence-electron chi connectivity index (χ4n) is 3.36. The van der Waals surface area contributed by atoms with E-state index in [0.29, 0.717) is 19.5 Å². The maximum atomic E-state index is 12.4. The Kier molecular flexibility index (Phi) is 5.30. The molecule has 2 aliphatic rings. The van der Waals surface area contributed by atoms with Gasteiger partial charge in [-0.1, -0.05) is 36.8 Å². The highest BCUT2D eigenvalue weighted by molar-refractivity contribution is 6.00. The van der Waals surface area contributed by atoms with Crippen LogP contribution >= 0.6 is 0 Å². The number of anilines is 1. The number of nitrogens with one attached hydrogen (secondary N) is 2. The summed E-state index contributed by atoms with van der Waals surface area (Å²) < 4.78 is 0. The van der Waals surface area contributed by atoms with Gasteiger partial charge in [0.25, 0.3) is 0 Å². The summed E-state index contributed by atoms with van der Waals surface area (Å²) >= 11 is 0. The largest absolute Gasteiger partial charge is 0.352 e. The summed E-state index contributed by atoms with van der Waals surface area (Å²) in [6.45, 7) is 4.98. The van der Waals surface area contributed by atoms with E-state index in [1.807, 2.05) is 24.3 Å². The average Bonchev–Trinajstić information content (AvgIpc) is 3.02. The Morgan fingerprint density at radius 2 is 2.21 bits per heavy atom. The molecule has 2 heterocycles. The number of hydrogen-bond acceptors (Lipinski definition) is 3. The third kappa shape index (κ3) is 3.67. The van der Waals surface area contributed by atoms with Crippen molar-refractivity contribution in [2.75, 3.05) is 31.1 Å². The van der Waals surface area contributed by atoms with E-state index in [1.165, 1.54) is 5.57 Å². The van der Waals surface area contributed by atoms with E-state index in [9.17, 15) is 9.59 Å². The molecule has 5 heteroatoms. The Morgan fingerprint density at radius 1 is 1.38 bits per heavy atom. The van der Waals surface area contributed by atoms with Gasteiger partial charge in [-0.25, -0.2) is 0 Å². The molecule has 1 atom stereocenters. The molecule has 24 heavy (non-hydrogen) atoms. The molecule has 0 aromatic heterocycles. The zero-order valence-electron chi connectivity index (χ0n) is 14.2. The molecule has 2 amide bonds. The number of aryl methyl sites for hydroxylation is 1. The van der Waals surface area contributed by atoms with Crippen LogP contribution < -0.4 is 15.5 Å². The second-order valence-electron chi connectivity index (χ2n) is 6.42. The number of carbonyl (C=O) groups is 2. The van der Waals surface area contributed by atoms with Crippen LogP contribution in [0.15, 0.2) is 35.9 Å². The number of hydrogen-bond donors (Lipinski definition) is 2. The molecule has 0 radical (unpaired) electrons. The lowest BCUT2D eigenvalue weighted by Crippen LogP contribution is -2.35. The molecule has 3 rings (SSSR count). The zero-order chi connectivity index (χ0) is 16.9. The molecule has 0 spiro atoms. The molecule has 0 bridgehead atoms. The van der Waals surface area contributed by atoms with Crippen LogP contribution in [0.1, 0.15) is 25.3 Å². The van der Waals surface area contributed by atoms with Gasteiger partial charge in [-0.3, -0.25) is 9.59 Å². The molecule has 1 unspecified atom stereocenters. The van der Waals surface area contributed by atoms with Gasteiger partial charge in [0, 0.05) is 31.7 Å². The highest BCUT2D eigenvalue weighted by Gasteiger charge is 2.35. The predicted molar refractivity (Wildman–Crippen MR) is 94.9 cm³/mol. The lowest BCUT2D eigenvalue weighted by Gasteiger charge is -2.20. The van der Waals surface area contributed by atoms with E-state index in [-0.39, 0.29) is 17.7 Å². The van der Waals surface area contributed by atoms with Gasteiger partial charge in [-0.2, -0.15) is 0 Å². The summed E-state index contributed by atoms with van der Waals surface area (Å²) in [5.41, 5.74) is 3.35. The molecular weight excluding hydrogens is 302 g/mol. The van der Waals surface area contributed by atoms with Gasteiger partial charge in [0.05, 0.1) is 5.92 Å². The third-order valence-electron chi connectivity index (χ3n) is 4.81. The minimum Gasteiger partial charge on any atom is -0.352 e. The number of amides is 2. The predicted octanol–water partition coefficient (Wildman–Crippen LogP) is 1.64. The molecule has 5 nitrogen and oxygen atoms in total. The normalized spacial score (nSPS) is 20.9. The van der Waals surface area contributed by atoms with Crippen LogP contribution in [-0.4, -0.2) is 38.0 Å². The van der Waals surface area contributed by atoms with Crippen molar-refractivity contribution in [2.45, 2.75) is 26.2 Å². The monoisotopic (exact) mass is 327 g/mol. The number of nitrogens with zero attached hydrogens (tertiary/aromatic N) is 1. The summed E-state index contributed by atoms with van der Waals surface area (Å²) in [6, 6.07) is 7.94. The minimum atomic E-state index is -0.260. The van der Waals surface area contributed by atoms with Crippen molar-refractivity contribution < 1.29 is 9.59 Å². The standard InChI is InChI=1S/C19H25N3O2/c1-2-15-5-3-4-6-17(15)22-13-16(11-18(22)23)19(24)21-12-14-7-9-20-10-8-14/h3-7,16,20H,2,8-13H2,1H3,(H,21,24). The van der Waals surface area contributed by atoms with Crippen molar-refractivity contribution in [3.63, 3.8) is 0 Å². The number of carbonyl (C=O) groups excluding carboxylic acids is 2. The number of rotatable bonds is 5. The van der Waals surface area contributed by atoms with Crippen LogP contribution in [0.4, 0.5) is 5.69 Å². The van der Waals surface area contributed by atoms with E-state index < -0.39 is 0 Å². The minimum absolute atomic E-state index is 0.0146. The Morgan fingerprint density at radius 3 is 2.96 bits per heavy atom. The van der Waals surface area contributed by atoms with E-state index >= 15 is 0 Å². The summed E-state index contributed by atoms with van der Waals surface area (Å²) in [7, 11) is 0. The van der Waals surface area contributed by atoms with Crippen molar-refractivity contribution in [1.82, 2.24) is 10.6 Å². The van der Waals surface area contributed by atoms with Gasteiger partial charge in [0.1, 0.15) is 0 Å². The van der Waals surface area contributed by atoms with Gasteiger partial charge >= 0.3 is 0 Å². The van der Waals surface area contributed by atoms with Crippen LogP contribution in [0.5, 0.6) is 0 Å². The zero-order valence-corrected chi connectivity index (χ0v) is 14.2. The topological polar surface area (TPSA) is 61.4 Å². The lowest BCUT2D eigenvalue weighted by molar-refractivity contribution is -0.126. The first-order chi connectivity index (χ1) is 11.7. The van der Waals surface area contributed by atoms with Gasteiger partial charge in [0.2, 0.25) is 11.8 Å². The molecule has 1 aromatic rings. The Balaban J connectivity index is 1.61. The maximum Gasteiger partial charge on any atom is 0.227 e. The van der Waals surface area contributed by atoms with Gasteiger partial charge < -0.3 is 15.5 Å². The fourth-order valence-corrected chi connectivity index (χ4v) is 3.36. The highest BCUT2D eigenvalue weighted by atomic mass is 16.2. The smallest absolute Gasteiger partial charge is 0.227 e. The van der Waals surface area contributed by atoms with Crippen molar-refractivity contribution in [2.24, 2.45) is 5.92 Å². The second-order valence-corrected chi connectivity index (χ2v) is 6.42. The molecule has 2 aliphatic heterocycles. The van der Waals surface area contributed by atoms with Gasteiger partial charge in [-0.15, -0.1) is 0 Å². The quantitative estimate of drug-likeness (QED) is 0.808. The summed E-state index contributed by atoms with van der Waals surface area (Å²) in [6.07, 6.45) is 4.27. The Hall–Kier alpha value is -2.14. The molecule has 2 N–H and O–H groups in total. The van der Waals surface area contributed by atoms with E-state index in [2.05, 4.69) is 23.6 Å². The maximum absolute atomic E-state index is 12.4. The average molecular weight is 327 g/mol. The SMILES string of the molecule is CCc1ccccc1N1CC(C(=O)NCC2=CCNCC2)CC1=O. The summed E-state index contributed by atoms with van der Waals surface area (Å²) in [5.74, 6) is -0.235. The van der Waals surface area contributed by atoms with Crippen molar-refractivity contribution >= 4 is 17.5 Å². The van der Waals surface area contributed by atoms with Crippen LogP contribution in [0, 0.1) is 5.92 Å². The van der Waals surface area contributed by atoms with E-state index in [0.717, 1.165) is 37.2 Å². The first-order valence-electron chi connectivity index (χ1n) is 8.73. The molecule has 1 aromatic carbocycles. The lowest BCUT2D eigenvalue weighted by atomic mass is 10.1. The number of para-hydroxylation sites is 1. The molecule has 1 saturated heterocycles. The second kappa shape index (κ2) is 7.62. The van der Waals surface area contributed by atoms with Gasteiger partial charge in [0.15, 0.2) is 0 Å². The van der Waals surface area contributed by atoms with Crippen LogP contribution in [-0.2, 0) is 16.0 Å². The summed E-state index contributed by atoms with van der Waals surface area (Å²) in [4.78, 5) is 26.6. The van der Waals surface area contributed by atoms with Crippen molar-refractivity contribution in [3.05, 3.63) is 41.5 Å². The van der Waals surface area contributed by atoms with Crippen molar-refractivity contribution in [1.29, 1.82) is 0 Å². The molecule has 0 aliphatic carbocycles. The van der Waals surface area contributed by atoms with Crippen LogP contribution in [0.25, 0.3) is 0 Å². The van der Waals surface area contributed by atoms with Crippen LogP contribution in [0.2, 0.25) is 0 Å². The van der Waals surface area contributed by atoms with Crippen LogP contribution in [0.3, 0.4) is 0 Å². The van der Waals surface area contributed by atoms with Crippen molar-refractivity contribution in [3.8, 4) is 0 Å². The molecular formula is C19H25N3O2.